The van der Waals surface area contributed by atoms with Gasteiger partial charge >= 0.3 is 6.09 Å². The van der Waals surface area contributed by atoms with Gasteiger partial charge in [-0.05, 0) is 50.0 Å². The first-order valence-corrected chi connectivity index (χ1v) is 10.9. The number of nitrogens with one attached hydrogen (secondary N) is 1. The maximum absolute atomic E-state index is 12.0. The molecular weight excluding hydrogens is 428 g/mol. The molecule has 0 fully saturated rings. The second-order valence-electron chi connectivity index (χ2n) is 8.34. The maximum atomic E-state index is 12.0. The lowest BCUT2D eigenvalue weighted by Crippen LogP contribution is -2.25. The molecule has 1 amide bonds. The summed E-state index contributed by atoms with van der Waals surface area (Å²) in [6.45, 7) is 0.843. The van der Waals surface area contributed by atoms with Crippen molar-refractivity contribution in [2.24, 2.45) is 4.99 Å². The predicted octanol–water partition coefficient (Wildman–Crippen LogP) is 5.31. The number of carbonyl (C=O) groups is 1. The fourth-order valence-corrected chi connectivity index (χ4v) is 3.89. The van der Waals surface area contributed by atoms with E-state index >= 15 is 0 Å². The van der Waals surface area contributed by atoms with Gasteiger partial charge in [0.25, 0.3) is 0 Å². The van der Waals surface area contributed by atoms with Crippen molar-refractivity contribution in [2.45, 2.75) is 6.54 Å². The average molecular weight is 457 g/mol. The van der Waals surface area contributed by atoms with Crippen LogP contribution in [0, 0.1) is 0 Å². The summed E-state index contributed by atoms with van der Waals surface area (Å²) in [6, 6.07) is 23.3. The first kappa shape index (κ1) is 23.1. The topological polar surface area (TPSA) is 81.2 Å². The number of ether oxygens (including phenoxy) is 1. The predicted molar refractivity (Wildman–Crippen MR) is 136 cm³/mol. The Morgan fingerprint density at radius 1 is 1.00 bits per heavy atom. The second kappa shape index (κ2) is 9.80. The number of aromatic amines is 1. The largest absolute Gasteiger partial charge is 0.494 e. The summed E-state index contributed by atoms with van der Waals surface area (Å²) in [5, 5.41) is 11.7. The highest BCUT2D eigenvalue weighted by atomic mass is 16.5. The van der Waals surface area contributed by atoms with Gasteiger partial charge in [-0.2, -0.15) is 0 Å². The van der Waals surface area contributed by atoms with E-state index in [-0.39, 0.29) is 5.88 Å². The van der Waals surface area contributed by atoms with Crippen molar-refractivity contribution >= 4 is 34.1 Å². The lowest BCUT2D eigenvalue weighted by atomic mass is 10.0. The van der Waals surface area contributed by atoms with E-state index < -0.39 is 6.09 Å². The van der Waals surface area contributed by atoms with Crippen molar-refractivity contribution < 1.29 is 14.6 Å². The number of benzene rings is 3. The lowest BCUT2D eigenvalue weighted by Gasteiger charge is -2.16. The van der Waals surface area contributed by atoms with Crippen LogP contribution < -0.4 is 4.90 Å². The van der Waals surface area contributed by atoms with Gasteiger partial charge in [0.1, 0.15) is 0 Å². The number of hydrogen-bond donors (Lipinski definition) is 2. The lowest BCUT2D eigenvalue weighted by molar-refractivity contribution is 0.180. The summed E-state index contributed by atoms with van der Waals surface area (Å²) in [5.41, 5.74) is 5.40. The Hall–Kier alpha value is -4.10. The number of anilines is 1. The monoisotopic (exact) mass is 456 g/mol. The molecule has 0 spiro atoms. The Labute approximate surface area is 198 Å². The number of fused-ring (bicyclic) bond motifs is 1. The summed E-state index contributed by atoms with van der Waals surface area (Å²) in [5.74, 6) is 0.0136. The van der Waals surface area contributed by atoms with Crippen LogP contribution in [0.5, 0.6) is 5.88 Å². The van der Waals surface area contributed by atoms with Gasteiger partial charge in [0.15, 0.2) is 5.88 Å². The van der Waals surface area contributed by atoms with Gasteiger partial charge in [-0.3, -0.25) is 4.90 Å². The zero-order chi connectivity index (χ0) is 24.2. The van der Waals surface area contributed by atoms with E-state index in [1.807, 2.05) is 68.7 Å². The molecule has 0 bridgehead atoms. The van der Waals surface area contributed by atoms with Gasteiger partial charge in [0.2, 0.25) is 0 Å². The van der Waals surface area contributed by atoms with E-state index in [2.05, 4.69) is 22.0 Å². The summed E-state index contributed by atoms with van der Waals surface area (Å²) in [6.07, 6.45) is -0.476. The number of methoxy groups -OCH3 is 1. The molecule has 0 radical (unpaired) electrons. The highest BCUT2D eigenvalue weighted by molar-refractivity contribution is 6.22. The summed E-state index contributed by atoms with van der Waals surface area (Å²) >= 11 is 0. The van der Waals surface area contributed by atoms with Crippen LogP contribution in [0.15, 0.2) is 77.8 Å². The maximum Gasteiger partial charge on any atom is 0.413 e. The molecule has 7 heteroatoms. The smallest absolute Gasteiger partial charge is 0.413 e. The summed E-state index contributed by atoms with van der Waals surface area (Å²) in [4.78, 5) is 23.6. The molecule has 0 saturated heterocycles. The quantitative estimate of drug-likeness (QED) is 0.386. The van der Waals surface area contributed by atoms with E-state index in [4.69, 9.17) is 9.73 Å². The van der Waals surface area contributed by atoms with Gasteiger partial charge in [-0.25, -0.2) is 9.79 Å². The van der Waals surface area contributed by atoms with Crippen molar-refractivity contribution in [1.29, 1.82) is 0 Å². The highest BCUT2D eigenvalue weighted by Gasteiger charge is 2.20. The average Bonchev–Trinajstić information content (AvgIpc) is 3.17. The number of aliphatic imine (C=N–C) groups is 1. The first-order chi connectivity index (χ1) is 16.4. The number of rotatable bonds is 6. The summed E-state index contributed by atoms with van der Waals surface area (Å²) in [7, 11) is 7.05. The Bertz CT molecular complexity index is 1330. The Kier molecular flexibility index (Phi) is 6.65. The Balaban J connectivity index is 1.87. The third-order valence-corrected chi connectivity index (χ3v) is 5.56. The number of H-pyrrole nitrogens is 1. The van der Waals surface area contributed by atoms with Gasteiger partial charge in [-0.1, -0.05) is 42.5 Å². The van der Waals surface area contributed by atoms with Crippen molar-refractivity contribution in [3.63, 3.8) is 0 Å². The zero-order valence-electron chi connectivity index (χ0n) is 19.7. The molecule has 3 aromatic carbocycles. The molecule has 0 saturated carbocycles. The van der Waals surface area contributed by atoms with Crippen LogP contribution in [0.25, 0.3) is 10.9 Å². The Morgan fingerprint density at radius 3 is 2.35 bits per heavy atom. The number of aromatic hydroxyl groups is 1. The minimum Gasteiger partial charge on any atom is -0.494 e. The zero-order valence-corrected chi connectivity index (χ0v) is 19.7. The van der Waals surface area contributed by atoms with Crippen LogP contribution in [-0.2, 0) is 11.3 Å². The molecular formula is C27H28N4O3. The molecule has 0 atom stereocenters. The SMILES string of the molecule is COC(=O)N(C)c1ccc2[nH]c(O)c(C(=Nc3ccc(CN(C)C)cc3)c3ccccc3)c2c1. The van der Waals surface area contributed by atoms with E-state index in [1.165, 1.54) is 17.6 Å². The molecule has 0 aliphatic carbocycles. The van der Waals surface area contributed by atoms with E-state index in [0.29, 0.717) is 17.0 Å². The third-order valence-electron chi connectivity index (χ3n) is 5.56. The van der Waals surface area contributed by atoms with Crippen LogP contribution in [-0.4, -0.2) is 55.0 Å². The number of aromatic nitrogens is 1. The van der Waals surface area contributed by atoms with Crippen LogP contribution in [0.1, 0.15) is 16.7 Å². The van der Waals surface area contributed by atoms with E-state index in [0.717, 1.165) is 28.7 Å². The molecule has 1 heterocycles. The highest BCUT2D eigenvalue weighted by Crippen LogP contribution is 2.34. The van der Waals surface area contributed by atoms with Crippen LogP contribution in [0.2, 0.25) is 0 Å². The van der Waals surface area contributed by atoms with Crippen LogP contribution in [0.3, 0.4) is 0 Å². The van der Waals surface area contributed by atoms with Crippen LogP contribution >= 0.6 is 0 Å². The summed E-state index contributed by atoms with van der Waals surface area (Å²) < 4.78 is 4.85. The molecule has 1 aromatic heterocycles. The molecule has 174 valence electrons. The van der Waals surface area contributed by atoms with Gasteiger partial charge < -0.3 is 19.7 Å². The normalized spacial score (nSPS) is 11.7. The van der Waals surface area contributed by atoms with Gasteiger partial charge in [0, 0.05) is 35.7 Å². The van der Waals surface area contributed by atoms with E-state index in [9.17, 15) is 9.90 Å². The Morgan fingerprint density at radius 2 is 1.71 bits per heavy atom. The number of amides is 1. The third kappa shape index (κ3) is 4.79. The van der Waals surface area contributed by atoms with Gasteiger partial charge in [-0.15, -0.1) is 0 Å². The van der Waals surface area contributed by atoms with Crippen molar-refractivity contribution in [3.8, 4) is 5.88 Å². The molecule has 7 nitrogen and oxygen atoms in total. The van der Waals surface area contributed by atoms with Crippen LogP contribution in [0.4, 0.5) is 16.2 Å². The van der Waals surface area contributed by atoms with E-state index in [1.54, 1.807) is 13.1 Å². The minimum absolute atomic E-state index is 0.0136. The molecule has 4 aromatic rings. The van der Waals surface area contributed by atoms with Crippen molar-refractivity contribution in [1.82, 2.24) is 9.88 Å². The molecule has 2 N–H and O–H groups in total. The number of nitrogens with zero attached hydrogens (tertiary/aromatic N) is 3. The standard InChI is InChI=1S/C27H28N4O3/c1-30(2)17-18-10-12-20(13-11-18)28-25(19-8-6-5-7-9-19)24-22-16-21(31(3)27(33)34-4)14-15-23(22)29-26(24)32/h5-16,29,32H,17H2,1-4H3. The molecule has 0 unspecified atom stereocenters. The fourth-order valence-electron chi connectivity index (χ4n) is 3.89. The van der Waals surface area contributed by atoms with Gasteiger partial charge in [0.05, 0.1) is 24.1 Å². The van der Waals surface area contributed by atoms with Crippen molar-refractivity contribution in [3.05, 3.63) is 89.5 Å². The molecule has 34 heavy (non-hydrogen) atoms. The molecule has 0 aliphatic heterocycles. The molecule has 4 rings (SSSR count). The second-order valence-corrected chi connectivity index (χ2v) is 8.34. The van der Waals surface area contributed by atoms with Crippen molar-refractivity contribution in [2.75, 3.05) is 33.2 Å². The fraction of sp³-hybridized carbons (Fsp3) is 0.185. The minimum atomic E-state index is -0.476. The number of hydrogen-bond acceptors (Lipinski definition) is 5. The first-order valence-electron chi connectivity index (χ1n) is 10.9. The number of carbonyl (C=O) groups excluding carboxylic acids is 1. The molecule has 0 aliphatic rings.